The van der Waals surface area contributed by atoms with Crippen LogP contribution in [0.4, 0.5) is 11.4 Å². The maximum absolute atomic E-state index is 6.38. The summed E-state index contributed by atoms with van der Waals surface area (Å²) in [6.45, 7) is 1.97. The molecule has 3 heterocycles. The fraction of sp³-hybridized carbons (Fsp3) is 0.389. The fourth-order valence-electron chi connectivity index (χ4n) is 3.27. The minimum atomic E-state index is -2.37. The van der Waals surface area contributed by atoms with Gasteiger partial charge in [-0.2, -0.15) is 0 Å². The molecule has 7 heteroatoms. The smallest absolute Gasteiger partial charge is 0.262 e. The van der Waals surface area contributed by atoms with E-state index in [9.17, 15) is 0 Å². The molecule has 0 aliphatic carbocycles. The van der Waals surface area contributed by atoms with Gasteiger partial charge in [-0.15, -0.1) is 0 Å². The molecule has 5 nitrogen and oxygen atoms in total. The Balaban J connectivity index is 1.84. The van der Waals surface area contributed by atoms with E-state index >= 15 is 0 Å². The second-order valence-corrected chi connectivity index (χ2v) is 10.3. The van der Waals surface area contributed by atoms with E-state index < -0.39 is 6.42 Å². The maximum Gasteiger partial charge on any atom is 0.262 e. The molecular formula is C18H22N3O2PS. The maximum atomic E-state index is 6.38. The second kappa shape index (κ2) is 6.60. The molecule has 0 amide bonds. The first kappa shape index (κ1) is 16.8. The van der Waals surface area contributed by atoms with Gasteiger partial charge in [-0.3, -0.25) is 0 Å². The van der Waals surface area contributed by atoms with E-state index in [1.165, 1.54) is 19.3 Å². The first-order valence-electron chi connectivity index (χ1n) is 8.57. The largest absolute Gasteiger partial charge is 0.459 e. The predicted molar refractivity (Wildman–Crippen MR) is 106 cm³/mol. The Morgan fingerprint density at radius 2 is 1.96 bits per heavy atom. The third-order valence-electron chi connectivity index (χ3n) is 4.65. The van der Waals surface area contributed by atoms with Gasteiger partial charge in [-0.25, -0.2) is 9.66 Å². The number of rotatable bonds is 3. The summed E-state index contributed by atoms with van der Waals surface area (Å²) >= 11 is 6.17. The van der Waals surface area contributed by atoms with Crippen LogP contribution in [0.3, 0.4) is 0 Å². The van der Waals surface area contributed by atoms with Gasteiger partial charge in [0, 0.05) is 32.9 Å². The first-order chi connectivity index (χ1) is 12.1. The Kier molecular flexibility index (Phi) is 4.44. The van der Waals surface area contributed by atoms with Crippen molar-refractivity contribution in [3.8, 4) is 0 Å². The quantitative estimate of drug-likeness (QED) is 0.762. The third-order valence-corrected chi connectivity index (χ3v) is 8.71. The zero-order valence-electron chi connectivity index (χ0n) is 14.5. The summed E-state index contributed by atoms with van der Waals surface area (Å²) in [6.07, 6.45) is 2.86. The minimum Gasteiger partial charge on any atom is -0.459 e. The predicted octanol–water partition coefficient (Wildman–Crippen LogP) is 3.87. The highest BCUT2D eigenvalue weighted by Gasteiger charge is 2.38. The van der Waals surface area contributed by atoms with Gasteiger partial charge in [0.1, 0.15) is 0 Å². The molecule has 132 valence electrons. The number of piperidine rings is 1. The lowest BCUT2D eigenvalue weighted by Crippen LogP contribution is -2.34. The number of aliphatic imine (C=N–C) groups is 1. The summed E-state index contributed by atoms with van der Waals surface area (Å²) in [5.74, 6) is 1.13. The molecule has 2 aromatic rings. The zero-order valence-corrected chi connectivity index (χ0v) is 16.2. The SMILES string of the molecule is CN(C)c1ccc2c(c1)N=C(c1ccco1)OP2(=S)N1CCCCC1. The molecule has 2 aliphatic rings. The van der Waals surface area contributed by atoms with Crippen LogP contribution in [-0.2, 0) is 16.3 Å². The molecule has 0 radical (unpaired) electrons. The molecule has 2 aliphatic heterocycles. The van der Waals surface area contributed by atoms with Crippen molar-refractivity contribution in [1.82, 2.24) is 4.67 Å². The van der Waals surface area contributed by atoms with Gasteiger partial charge in [-0.05, 0) is 55.0 Å². The Morgan fingerprint density at radius 3 is 2.64 bits per heavy atom. The Labute approximate surface area is 153 Å². The van der Waals surface area contributed by atoms with Crippen molar-refractivity contribution in [2.75, 3.05) is 32.1 Å². The van der Waals surface area contributed by atoms with Crippen molar-refractivity contribution in [2.24, 2.45) is 4.99 Å². The monoisotopic (exact) mass is 375 g/mol. The van der Waals surface area contributed by atoms with Gasteiger partial charge >= 0.3 is 0 Å². The van der Waals surface area contributed by atoms with Gasteiger partial charge in [0.15, 0.2) is 5.76 Å². The highest BCUT2D eigenvalue weighted by atomic mass is 32.4. The summed E-state index contributed by atoms with van der Waals surface area (Å²) in [5, 5.41) is 1.05. The van der Waals surface area contributed by atoms with Crippen LogP contribution in [0.2, 0.25) is 0 Å². The number of furan rings is 1. The molecule has 0 spiro atoms. The standard InChI is InChI=1S/C18H22N3O2PS/c1-20(2)14-8-9-17-15(13-14)19-18(16-7-6-12-22-16)23-24(17,25)21-10-4-3-5-11-21/h6-9,12-13H,3-5,10-11H2,1-2H3. The van der Waals surface area contributed by atoms with E-state index in [4.69, 9.17) is 25.7 Å². The van der Waals surface area contributed by atoms with E-state index in [-0.39, 0.29) is 0 Å². The summed E-state index contributed by atoms with van der Waals surface area (Å²) in [7, 11) is 4.05. The lowest BCUT2D eigenvalue weighted by Gasteiger charge is -2.39. The van der Waals surface area contributed by atoms with Crippen LogP contribution >= 0.6 is 6.42 Å². The van der Waals surface area contributed by atoms with E-state index in [2.05, 4.69) is 27.8 Å². The number of hydrogen-bond donors (Lipinski definition) is 0. The Bertz CT molecular complexity index is 842. The van der Waals surface area contributed by atoms with E-state index in [0.29, 0.717) is 11.7 Å². The number of anilines is 1. The average molecular weight is 375 g/mol. The van der Waals surface area contributed by atoms with Gasteiger partial charge in [0.25, 0.3) is 5.90 Å². The second-order valence-electron chi connectivity index (χ2n) is 6.59. The van der Waals surface area contributed by atoms with Gasteiger partial charge in [-0.1, -0.05) is 6.42 Å². The van der Waals surface area contributed by atoms with Crippen molar-refractivity contribution >= 4 is 40.8 Å². The van der Waals surface area contributed by atoms with Crippen molar-refractivity contribution in [3.05, 3.63) is 42.4 Å². The van der Waals surface area contributed by atoms with Gasteiger partial charge in [0.05, 0.1) is 17.3 Å². The highest BCUT2D eigenvalue weighted by Crippen LogP contribution is 2.56. The number of hydrogen-bond acceptors (Lipinski definition) is 5. The summed E-state index contributed by atoms with van der Waals surface area (Å²) in [5.41, 5.74) is 2.00. The lowest BCUT2D eigenvalue weighted by atomic mass is 10.2. The van der Waals surface area contributed by atoms with E-state index in [0.717, 1.165) is 29.8 Å². The van der Waals surface area contributed by atoms with Crippen molar-refractivity contribution < 1.29 is 8.94 Å². The van der Waals surface area contributed by atoms with Crippen molar-refractivity contribution in [3.63, 3.8) is 0 Å². The molecule has 4 rings (SSSR count). The molecule has 1 saturated heterocycles. The van der Waals surface area contributed by atoms with Crippen molar-refractivity contribution in [2.45, 2.75) is 19.3 Å². The first-order valence-corrected chi connectivity index (χ1v) is 11.2. The summed E-state index contributed by atoms with van der Waals surface area (Å²) in [4.78, 5) is 6.80. The normalized spacial score (nSPS) is 23.5. The molecule has 1 atom stereocenters. The zero-order chi connectivity index (χ0) is 17.4. The van der Waals surface area contributed by atoms with E-state index in [1.54, 1.807) is 6.26 Å². The van der Waals surface area contributed by atoms with Crippen LogP contribution in [0.1, 0.15) is 25.0 Å². The number of benzene rings is 1. The van der Waals surface area contributed by atoms with Crippen LogP contribution < -0.4 is 10.2 Å². The van der Waals surface area contributed by atoms with Crippen LogP contribution in [0.15, 0.2) is 46.0 Å². The summed E-state index contributed by atoms with van der Waals surface area (Å²) in [6, 6.07) is 10.0. The highest BCUT2D eigenvalue weighted by molar-refractivity contribution is 8.15. The molecule has 0 N–H and O–H groups in total. The Morgan fingerprint density at radius 1 is 1.16 bits per heavy atom. The van der Waals surface area contributed by atoms with Crippen LogP contribution in [0, 0.1) is 0 Å². The number of nitrogens with zero attached hydrogens (tertiary/aromatic N) is 3. The van der Waals surface area contributed by atoms with E-state index in [1.807, 2.05) is 26.2 Å². The van der Waals surface area contributed by atoms with Gasteiger partial charge < -0.3 is 13.8 Å². The fourth-order valence-corrected chi connectivity index (χ4v) is 6.79. The van der Waals surface area contributed by atoms with Crippen LogP contribution in [0.25, 0.3) is 0 Å². The molecule has 25 heavy (non-hydrogen) atoms. The topological polar surface area (TPSA) is 41.2 Å². The minimum absolute atomic E-state index is 0.502. The molecule has 1 aromatic heterocycles. The molecule has 1 unspecified atom stereocenters. The number of fused-ring (bicyclic) bond motifs is 1. The van der Waals surface area contributed by atoms with Crippen LogP contribution in [-0.4, -0.2) is 37.8 Å². The lowest BCUT2D eigenvalue weighted by molar-refractivity contribution is 0.344. The molecule has 0 saturated carbocycles. The molecular weight excluding hydrogens is 353 g/mol. The van der Waals surface area contributed by atoms with Gasteiger partial charge in [0.2, 0.25) is 6.42 Å². The summed E-state index contributed by atoms with van der Waals surface area (Å²) < 4.78 is 14.3. The molecule has 1 aromatic carbocycles. The van der Waals surface area contributed by atoms with Crippen molar-refractivity contribution in [1.29, 1.82) is 0 Å². The van der Waals surface area contributed by atoms with Crippen LogP contribution in [0.5, 0.6) is 0 Å². The molecule has 0 bridgehead atoms. The third kappa shape index (κ3) is 3.03. The Hall–Kier alpha value is -1.62. The molecule has 1 fully saturated rings. The average Bonchev–Trinajstić information content (AvgIpc) is 3.16.